The van der Waals surface area contributed by atoms with Gasteiger partial charge in [-0.2, -0.15) is 0 Å². The summed E-state index contributed by atoms with van der Waals surface area (Å²) in [5.41, 5.74) is -0.388. The van der Waals surface area contributed by atoms with E-state index >= 15 is 0 Å². The van der Waals surface area contributed by atoms with Gasteiger partial charge in [-0.1, -0.05) is 49.4 Å². The lowest BCUT2D eigenvalue weighted by Crippen LogP contribution is -2.56. The van der Waals surface area contributed by atoms with Crippen molar-refractivity contribution in [3.05, 3.63) is 65.2 Å². The van der Waals surface area contributed by atoms with E-state index in [1.165, 1.54) is 0 Å². The van der Waals surface area contributed by atoms with Gasteiger partial charge in [0.15, 0.2) is 11.6 Å². The maximum atomic E-state index is 13.6. The van der Waals surface area contributed by atoms with Crippen LogP contribution >= 0.6 is 0 Å². The molecule has 5 atom stereocenters. The normalized spacial score (nSPS) is 39.4. The summed E-state index contributed by atoms with van der Waals surface area (Å²) in [6, 6.07) is 15.4. The second kappa shape index (κ2) is 4.44. The van der Waals surface area contributed by atoms with E-state index in [1.807, 2.05) is 49.4 Å². The maximum absolute atomic E-state index is 13.6. The van der Waals surface area contributed by atoms with Crippen molar-refractivity contribution in [1.29, 1.82) is 0 Å². The second-order valence-electron chi connectivity index (χ2n) is 8.03. The van der Waals surface area contributed by atoms with Crippen LogP contribution in [0.5, 0.6) is 5.75 Å². The summed E-state index contributed by atoms with van der Waals surface area (Å²) >= 11 is 0. The van der Waals surface area contributed by atoms with Crippen molar-refractivity contribution in [2.45, 2.75) is 30.8 Å². The van der Waals surface area contributed by atoms with Crippen LogP contribution in [0.2, 0.25) is 0 Å². The number of hydrogen-bond donors (Lipinski definition) is 1. The third kappa shape index (κ3) is 1.27. The van der Waals surface area contributed by atoms with Crippen LogP contribution in [-0.2, 0) is 20.4 Å². The molecule has 2 unspecified atom stereocenters. The number of benzene rings is 2. The number of Topliss-reactive ketones (excluding diaryl/α,β-unsaturated/α-hetero) is 2. The molecule has 2 bridgehead atoms. The molecule has 3 aliphatic carbocycles. The van der Waals surface area contributed by atoms with Gasteiger partial charge >= 0.3 is 0 Å². The minimum absolute atomic E-state index is 0.0621. The molecular weight excluding hydrogens is 328 g/mol. The molecule has 2 aromatic rings. The summed E-state index contributed by atoms with van der Waals surface area (Å²) in [7, 11) is 1.56. The molecule has 0 aliphatic heterocycles. The van der Waals surface area contributed by atoms with E-state index in [2.05, 4.69) is 0 Å². The van der Waals surface area contributed by atoms with Crippen LogP contribution in [0.4, 0.5) is 0 Å². The van der Waals surface area contributed by atoms with Gasteiger partial charge in [-0.05, 0) is 24.1 Å². The molecule has 2 fully saturated rings. The molecule has 0 radical (unpaired) electrons. The highest BCUT2D eigenvalue weighted by atomic mass is 16.5. The second-order valence-corrected chi connectivity index (χ2v) is 8.03. The molecule has 0 heterocycles. The Labute approximate surface area is 151 Å². The van der Waals surface area contributed by atoms with Crippen molar-refractivity contribution in [1.82, 2.24) is 0 Å². The third-order valence-corrected chi connectivity index (χ3v) is 7.25. The van der Waals surface area contributed by atoms with Crippen molar-refractivity contribution >= 4 is 11.6 Å². The van der Waals surface area contributed by atoms with Gasteiger partial charge in [0.25, 0.3) is 0 Å². The summed E-state index contributed by atoms with van der Waals surface area (Å²) < 4.78 is 5.57. The predicted octanol–water partition coefficient (Wildman–Crippen LogP) is 2.40. The van der Waals surface area contributed by atoms with Gasteiger partial charge in [0.1, 0.15) is 11.9 Å². The van der Waals surface area contributed by atoms with E-state index in [0.717, 1.165) is 11.1 Å². The summed E-state index contributed by atoms with van der Waals surface area (Å²) in [6.07, 6.45) is -1.36. The van der Waals surface area contributed by atoms with E-state index in [9.17, 15) is 14.7 Å². The first-order chi connectivity index (χ1) is 12.4. The van der Waals surface area contributed by atoms with E-state index in [0.29, 0.717) is 11.3 Å². The Morgan fingerprint density at radius 3 is 2.31 bits per heavy atom. The molecule has 1 N–H and O–H groups in total. The standard InChI is InChI=1S/C22H20O4/c1-20-15-13(10-7-11-14(15)26-3)22(12-8-5-4-6-9-12)16(17(20)23)21(22,2)19(25)18(20)24/h4-11,16,18,24H,1-3H3/t16?,18-,20+,21+,22?/m0/s1. The highest BCUT2D eigenvalue weighted by Crippen LogP contribution is 2.81. The summed E-state index contributed by atoms with van der Waals surface area (Å²) in [4.78, 5) is 26.9. The van der Waals surface area contributed by atoms with Crippen LogP contribution in [0.25, 0.3) is 0 Å². The highest BCUT2D eigenvalue weighted by Gasteiger charge is 2.89. The van der Waals surface area contributed by atoms with Gasteiger partial charge in [0, 0.05) is 16.9 Å². The number of hydrogen-bond acceptors (Lipinski definition) is 4. The fourth-order valence-electron chi connectivity index (χ4n) is 5.98. The SMILES string of the molecule is COc1cccc2c1[C@]1(C)C(=O)C3C2(c2ccccc2)[C@@]3(C)C(=O)[C@@H]1O. The molecule has 2 saturated carbocycles. The van der Waals surface area contributed by atoms with Gasteiger partial charge in [-0.15, -0.1) is 0 Å². The first kappa shape index (κ1) is 15.8. The van der Waals surface area contributed by atoms with Gasteiger partial charge in [0.05, 0.1) is 17.9 Å². The van der Waals surface area contributed by atoms with E-state index in [1.54, 1.807) is 20.1 Å². The zero-order chi connectivity index (χ0) is 18.5. The number of ketones is 2. The molecular formula is C22H20O4. The molecule has 0 amide bonds. The minimum atomic E-state index is -1.36. The smallest absolute Gasteiger partial charge is 0.170 e. The minimum Gasteiger partial charge on any atom is -0.496 e. The Morgan fingerprint density at radius 1 is 0.962 bits per heavy atom. The average molecular weight is 348 g/mol. The van der Waals surface area contributed by atoms with Crippen molar-refractivity contribution < 1.29 is 19.4 Å². The first-order valence-electron chi connectivity index (χ1n) is 8.88. The number of carbonyl (C=O) groups excluding carboxylic acids is 2. The van der Waals surface area contributed by atoms with Crippen LogP contribution in [0.1, 0.15) is 30.5 Å². The molecule has 2 aromatic carbocycles. The molecule has 4 nitrogen and oxygen atoms in total. The molecule has 0 spiro atoms. The lowest BCUT2D eigenvalue weighted by molar-refractivity contribution is -0.149. The van der Waals surface area contributed by atoms with Gasteiger partial charge in [-0.3, -0.25) is 9.59 Å². The lowest BCUT2D eigenvalue weighted by Gasteiger charge is -2.41. The van der Waals surface area contributed by atoms with Crippen LogP contribution in [-0.4, -0.2) is 29.9 Å². The summed E-state index contributed by atoms with van der Waals surface area (Å²) in [5, 5.41) is 11.0. The number of methoxy groups -OCH3 is 1. The van der Waals surface area contributed by atoms with Crippen LogP contribution < -0.4 is 4.74 Å². The summed E-state index contributed by atoms with van der Waals surface area (Å²) in [6.45, 7) is 3.52. The molecule has 3 aliphatic rings. The van der Waals surface area contributed by atoms with Crippen molar-refractivity contribution in [3.8, 4) is 5.75 Å². The number of aliphatic hydroxyl groups is 1. The Kier molecular flexibility index (Phi) is 2.69. The lowest BCUT2D eigenvalue weighted by atomic mass is 9.62. The van der Waals surface area contributed by atoms with Crippen molar-refractivity contribution in [2.75, 3.05) is 7.11 Å². The first-order valence-corrected chi connectivity index (χ1v) is 8.88. The zero-order valence-electron chi connectivity index (χ0n) is 14.9. The predicted molar refractivity (Wildman–Crippen MR) is 95.2 cm³/mol. The maximum Gasteiger partial charge on any atom is 0.170 e. The number of fused-ring (bicyclic) bond motifs is 5. The molecule has 4 heteroatoms. The topological polar surface area (TPSA) is 63.6 Å². The number of ether oxygens (including phenoxy) is 1. The van der Waals surface area contributed by atoms with Crippen LogP contribution in [0.15, 0.2) is 48.5 Å². The van der Waals surface area contributed by atoms with Gasteiger partial charge in [0.2, 0.25) is 0 Å². The van der Waals surface area contributed by atoms with Gasteiger partial charge in [-0.25, -0.2) is 0 Å². The third-order valence-electron chi connectivity index (χ3n) is 7.25. The largest absolute Gasteiger partial charge is 0.496 e. The fraction of sp³-hybridized carbons (Fsp3) is 0.364. The highest BCUT2D eigenvalue weighted by molar-refractivity contribution is 6.18. The molecule has 132 valence electrons. The zero-order valence-corrected chi connectivity index (χ0v) is 14.9. The van der Waals surface area contributed by atoms with Crippen LogP contribution in [0.3, 0.4) is 0 Å². The van der Waals surface area contributed by atoms with E-state index < -0.39 is 28.3 Å². The Hall–Kier alpha value is -2.46. The van der Waals surface area contributed by atoms with Crippen LogP contribution in [0, 0.1) is 11.3 Å². The monoisotopic (exact) mass is 348 g/mol. The van der Waals surface area contributed by atoms with E-state index in [4.69, 9.17) is 4.74 Å². The Balaban J connectivity index is 1.97. The number of rotatable bonds is 2. The molecule has 0 aromatic heterocycles. The average Bonchev–Trinajstić information content (AvgIpc) is 3.27. The Bertz CT molecular complexity index is 981. The number of aliphatic hydroxyl groups excluding tert-OH is 1. The number of carbonyl (C=O) groups is 2. The molecule has 0 saturated heterocycles. The fourth-order valence-corrected chi connectivity index (χ4v) is 5.98. The van der Waals surface area contributed by atoms with Gasteiger partial charge < -0.3 is 9.84 Å². The Morgan fingerprint density at radius 2 is 1.65 bits per heavy atom. The molecule has 5 rings (SSSR count). The molecule has 26 heavy (non-hydrogen) atoms. The van der Waals surface area contributed by atoms with E-state index in [-0.39, 0.29) is 11.6 Å². The quantitative estimate of drug-likeness (QED) is 0.905. The summed E-state index contributed by atoms with van der Waals surface area (Å²) in [5.74, 6) is -0.201. The van der Waals surface area contributed by atoms with Crippen molar-refractivity contribution in [3.63, 3.8) is 0 Å². The van der Waals surface area contributed by atoms with Crippen molar-refractivity contribution in [2.24, 2.45) is 11.3 Å².